The van der Waals surface area contributed by atoms with Gasteiger partial charge in [0.25, 0.3) is 35.4 Å². The molecular weight excluding hydrogens is 1420 g/mol. The molecule has 8 aliphatic heterocycles. The number of carbonyl (C=O) groups is 19. The van der Waals surface area contributed by atoms with Crippen molar-refractivity contribution in [2.24, 2.45) is 5.73 Å². The fourth-order valence-corrected chi connectivity index (χ4v) is 10.7. The van der Waals surface area contributed by atoms with Crippen molar-refractivity contribution in [2.75, 3.05) is 18.5 Å². The Labute approximate surface area is 585 Å². The Morgan fingerprint density at radius 3 is 1.15 bits per heavy atom. The number of carbonyl (C=O) groups excluding carboxylic acids is 18. The SMILES string of the molecule is CC(C)(C)OC(=O)CBr.CC(C)(C)OC(=O)COc1cccc2c1C(=O)N(C1CCC(=O)NC1=O)C2=O.NC1CCC(=O)NC1=O.O=C(O)COc1cccc2c1C(=O)N(C1CCC(=O)NC1=O)C2=O.O=C1CCC(N2C(=O)c3cccc(O)c3C2=O)C(=O)N1.O=C1OC(=O)c2c(O)cccc21. The summed E-state index contributed by atoms with van der Waals surface area (Å²) in [6, 6.07) is 13.4. The molecule has 0 bridgehead atoms. The van der Waals surface area contributed by atoms with Gasteiger partial charge in [-0.1, -0.05) is 40.2 Å². The van der Waals surface area contributed by atoms with Gasteiger partial charge in [0.15, 0.2) is 13.2 Å². The van der Waals surface area contributed by atoms with E-state index < -0.39 is 138 Å². The van der Waals surface area contributed by atoms with Crippen LogP contribution in [0.2, 0.25) is 0 Å². The van der Waals surface area contributed by atoms with E-state index in [1.54, 1.807) is 20.8 Å². The van der Waals surface area contributed by atoms with E-state index in [0.29, 0.717) is 12.8 Å². The second-order valence-electron chi connectivity index (χ2n) is 24.6. The predicted molar refractivity (Wildman–Crippen MR) is 343 cm³/mol. The van der Waals surface area contributed by atoms with Gasteiger partial charge < -0.3 is 44.7 Å². The molecule has 12 rings (SSSR count). The number of piperidine rings is 4. The predicted octanol–water partition coefficient (Wildman–Crippen LogP) is 1.33. The van der Waals surface area contributed by atoms with Gasteiger partial charge in [0.1, 0.15) is 63.2 Å². The van der Waals surface area contributed by atoms with Gasteiger partial charge in [0, 0.05) is 25.7 Å². The van der Waals surface area contributed by atoms with Crippen LogP contribution in [0.4, 0.5) is 0 Å². The maximum Gasteiger partial charge on any atom is 0.350 e. The molecule has 4 aromatic carbocycles. The Morgan fingerprint density at radius 2 is 0.804 bits per heavy atom. The van der Waals surface area contributed by atoms with Gasteiger partial charge in [0.05, 0.1) is 45.0 Å². The summed E-state index contributed by atoms with van der Waals surface area (Å²) in [6.07, 6.45) is 1.16. The van der Waals surface area contributed by atoms with Crippen LogP contribution < -0.4 is 36.5 Å². The quantitative estimate of drug-likeness (QED) is 0.0365. The zero-order valence-corrected chi connectivity index (χ0v) is 56.5. The molecule has 4 aromatic rings. The highest BCUT2D eigenvalue weighted by Crippen LogP contribution is 2.37. The van der Waals surface area contributed by atoms with Crippen molar-refractivity contribution in [1.29, 1.82) is 0 Å². The Morgan fingerprint density at radius 1 is 0.461 bits per heavy atom. The van der Waals surface area contributed by atoms with Crippen molar-refractivity contribution in [3.63, 3.8) is 0 Å². The summed E-state index contributed by atoms with van der Waals surface area (Å²) < 4.78 is 24.8. The molecule has 35 nitrogen and oxygen atoms in total. The van der Waals surface area contributed by atoms with E-state index in [-0.39, 0.29) is 135 Å². The fourth-order valence-electron chi connectivity index (χ4n) is 10.5. The summed E-state index contributed by atoms with van der Waals surface area (Å²) in [4.78, 5) is 223. The number of phenols is 2. The number of carboxylic acid groups (broad SMARTS) is 1. The molecule has 4 fully saturated rings. The number of halogens is 1. The monoisotopic (exact) mass is 1480 g/mol. The number of nitrogens with zero attached hydrogens (tertiary/aromatic N) is 3. The van der Waals surface area contributed by atoms with E-state index in [0.717, 1.165) is 14.7 Å². The smallest absolute Gasteiger partial charge is 0.350 e. The number of aliphatic carboxylic acids is 1. The largest absolute Gasteiger partial charge is 0.507 e. The number of hydrogen-bond acceptors (Lipinski definition) is 27. The van der Waals surface area contributed by atoms with Crippen LogP contribution in [0.5, 0.6) is 23.0 Å². The molecule has 0 aliphatic carbocycles. The summed E-state index contributed by atoms with van der Waals surface area (Å²) in [5.74, 6) is -12.1. The molecule has 0 spiro atoms. The fraction of sp³-hybridized carbons (Fsp3) is 0.348. The lowest BCUT2D eigenvalue weighted by Crippen LogP contribution is -2.54. The van der Waals surface area contributed by atoms with E-state index in [9.17, 15) is 96.2 Å². The van der Waals surface area contributed by atoms with E-state index >= 15 is 0 Å². The van der Waals surface area contributed by atoms with Crippen LogP contribution in [-0.2, 0) is 67.0 Å². The molecule has 36 heteroatoms. The Balaban J connectivity index is 0.000000180. The second-order valence-corrected chi connectivity index (χ2v) is 25.2. The second kappa shape index (κ2) is 32.4. The average molecular weight is 1480 g/mol. The van der Waals surface area contributed by atoms with Gasteiger partial charge in [-0.05, 0) is 116 Å². The zero-order chi connectivity index (χ0) is 75.6. The van der Waals surface area contributed by atoms with Gasteiger partial charge >= 0.3 is 29.8 Å². The number of aromatic hydroxyl groups is 2. The summed E-state index contributed by atoms with van der Waals surface area (Å²) in [5, 5.41) is 36.3. The molecule has 8 aliphatic rings. The lowest BCUT2D eigenvalue weighted by molar-refractivity contribution is -0.157. The highest BCUT2D eigenvalue weighted by molar-refractivity contribution is 9.09. The number of amides is 14. The molecule has 4 unspecified atom stereocenters. The van der Waals surface area contributed by atoms with E-state index in [4.69, 9.17) is 34.9 Å². The summed E-state index contributed by atoms with van der Waals surface area (Å²) in [6.45, 7) is 9.56. The van der Waals surface area contributed by atoms with Crippen LogP contribution in [0.3, 0.4) is 0 Å². The van der Waals surface area contributed by atoms with Crippen molar-refractivity contribution in [3.8, 4) is 23.0 Å². The van der Waals surface area contributed by atoms with Gasteiger partial charge in [-0.25, -0.2) is 19.2 Å². The highest BCUT2D eigenvalue weighted by atomic mass is 79.9. The lowest BCUT2D eigenvalue weighted by atomic mass is 10.0. The normalized spacial score (nSPS) is 19.5. The number of imide groups is 7. The first kappa shape index (κ1) is 77.4. The van der Waals surface area contributed by atoms with Gasteiger partial charge in [-0.15, -0.1) is 0 Å². The minimum absolute atomic E-state index is 0.0132. The van der Waals surface area contributed by atoms with Crippen LogP contribution >= 0.6 is 15.9 Å². The first-order valence-electron chi connectivity index (χ1n) is 30.7. The zero-order valence-electron chi connectivity index (χ0n) is 55.0. The highest BCUT2D eigenvalue weighted by Gasteiger charge is 2.49. The standard InChI is InChI=1S/C19H20N2O7.C15H12N2O7.C13H10N2O5.C8H4O4.C6H11BrO2.C5H8N2O2/c1-19(2,3)28-14(23)9-27-12-6-4-5-10-15(12)18(26)21(17(10)25)11-7-8-13(22)20-16(11)24;18-10-5-4-8(13(21)16-10)17-14(22)7-2-1-3-9(12(7)15(17)23)24-6-11(19)20;16-8-3-1-2-6-10(8)13(20)15(12(6)19)7-4-5-9(17)14-11(7)18;9-5-3-1-2-4-6(5)8(11)12-7(4)10;1-6(2,3)9-5(8)4-7;6-3-1-2-4(8)7-5(3)9/h4-6,11H,7-9H2,1-3H3,(H,20,22,24);1-3,8H,4-6H2,(H,19,20)(H,16,18,21);1-3,7,16H,4-5H2,(H,14,17,18);1-3,9H;4H2,1-3H3;3H,1-2,6H2,(H,7,8,9). The summed E-state index contributed by atoms with van der Waals surface area (Å²) >= 11 is 2.99. The minimum Gasteiger partial charge on any atom is -0.507 e. The molecule has 4 atom stereocenters. The van der Waals surface area contributed by atoms with Crippen molar-refractivity contribution >= 4 is 128 Å². The van der Waals surface area contributed by atoms with Gasteiger partial charge in [-0.2, -0.15) is 0 Å². The first-order chi connectivity index (χ1) is 47.8. The molecular formula is C66H65BrN8O27. The number of esters is 4. The Hall–Kier alpha value is -12.0. The number of nitrogens with two attached hydrogens (primary N) is 1. The third-order valence-electron chi connectivity index (χ3n) is 14.9. The average Bonchev–Trinajstić information content (AvgIpc) is 1.62. The van der Waals surface area contributed by atoms with Crippen molar-refractivity contribution < 1.29 is 130 Å². The maximum atomic E-state index is 12.9. The van der Waals surface area contributed by atoms with E-state index in [1.165, 1.54) is 72.8 Å². The molecule has 538 valence electrons. The molecule has 8 heterocycles. The number of benzene rings is 4. The number of phenolic OH excluding ortho intramolecular Hbond substituents is 2. The molecule has 9 N–H and O–H groups in total. The van der Waals surface area contributed by atoms with Crippen molar-refractivity contribution in [2.45, 2.75) is 128 Å². The topological polar surface area (TPSA) is 515 Å². The van der Waals surface area contributed by atoms with E-state index in [2.05, 4.69) is 41.9 Å². The molecule has 0 radical (unpaired) electrons. The minimum atomic E-state index is -1.23. The third-order valence-corrected chi connectivity index (χ3v) is 15.3. The van der Waals surface area contributed by atoms with Crippen LogP contribution in [0.1, 0.15) is 176 Å². The molecule has 4 saturated heterocycles. The number of alkyl halides is 1. The number of ether oxygens (including phenoxy) is 5. The lowest BCUT2D eigenvalue weighted by Gasteiger charge is -2.27. The van der Waals surface area contributed by atoms with Crippen LogP contribution in [-0.4, -0.2) is 196 Å². The molecule has 14 amide bonds. The maximum absolute atomic E-state index is 12.9. The molecule has 0 saturated carbocycles. The molecule has 102 heavy (non-hydrogen) atoms. The third kappa shape index (κ3) is 18.5. The van der Waals surface area contributed by atoms with Gasteiger partial charge in [0.2, 0.25) is 47.3 Å². The first-order valence-corrected chi connectivity index (χ1v) is 31.8. The number of cyclic esters (lactones) is 2. The molecule has 0 aromatic heterocycles. The summed E-state index contributed by atoms with van der Waals surface area (Å²) in [7, 11) is 0. The Bertz CT molecular complexity index is 4250. The van der Waals surface area contributed by atoms with Crippen molar-refractivity contribution in [1.82, 2.24) is 36.0 Å². The van der Waals surface area contributed by atoms with Crippen LogP contribution in [0.15, 0.2) is 72.8 Å². The number of fused-ring (bicyclic) bond motifs is 4. The van der Waals surface area contributed by atoms with Crippen molar-refractivity contribution in [3.05, 3.63) is 117 Å². The Kier molecular flexibility index (Phi) is 24.6. The van der Waals surface area contributed by atoms with Crippen LogP contribution in [0.25, 0.3) is 0 Å². The van der Waals surface area contributed by atoms with E-state index in [1.807, 2.05) is 20.8 Å². The van der Waals surface area contributed by atoms with Gasteiger partial charge in [-0.3, -0.25) is 108 Å². The number of hydrogen-bond donors (Lipinski definition) is 8. The van der Waals surface area contributed by atoms with Crippen LogP contribution in [0, 0.1) is 0 Å². The summed E-state index contributed by atoms with van der Waals surface area (Å²) in [5.41, 5.74) is 4.32. The number of nitrogens with one attached hydrogen (secondary N) is 4. The number of rotatable bonds is 10. The number of carboxylic acids is 1.